The molecule has 2 aromatic carbocycles. The number of esters is 2. The molecule has 4 aromatic rings. The molecular formula is C29H31N3O5. The molecule has 0 aliphatic heterocycles. The average Bonchev–Trinajstić information content (AvgIpc) is 3.28. The summed E-state index contributed by atoms with van der Waals surface area (Å²) < 4.78 is 18.3. The van der Waals surface area contributed by atoms with Crippen LogP contribution in [0.15, 0.2) is 66.7 Å². The normalized spacial score (nSPS) is 10.8. The van der Waals surface area contributed by atoms with Crippen molar-refractivity contribution in [1.29, 1.82) is 0 Å². The van der Waals surface area contributed by atoms with Crippen LogP contribution in [0.4, 0.5) is 5.82 Å². The summed E-state index contributed by atoms with van der Waals surface area (Å²) in [5.41, 5.74) is 3.47. The van der Waals surface area contributed by atoms with Crippen LogP contribution in [-0.2, 0) is 9.53 Å². The first-order chi connectivity index (χ1) is 18.0. The van der Waals surface area contributed by atoms with Gasteiger partial charge in [-0.3, -0.25) is 9.20 Å². The Hall–Kier alpha value is -4.33. The van der Waals surface area contributed by atoms with Crippen LogP contribution in [0.25, 0.3) is 16.9 Å². The van der Waals surface area contributed by atoms with Crippen molar-refractivity contribution in [2.45, 2.75) is 33.6 Å². The summed E-state index contributed by atoms with van der Waals surface area (Å²) in [6.45, 7) is 6.79. The van der Waals surface area contributed by atoms with Crippen molar-refractivity contribution >= 4 is 23.4 Å². The number of aryl methyl sites for hydroxylation is 1. The lowest BCUT2D eigenvalue weighted by Gasteiger charge is -2.11. The third kappa shape index (κ3) is 6.27. The number of aromatic nitrogens is 2. The number of anilines is 1. The second-order valence-electron chi connectivity index (χ2n) is 8.47. The van der Waals surface area contributed by atoms with E-state index in [-0.39, 0.29) is 12.5 Å². The molecule has 1 N–H and O–H groups in total. The first kappa shape index (κ1) is 25.8. The van der Waals surface area contributed by atoms with E-state index in [0.717, 1.165) is 35.5 Å². The van der Waals surface area contributed by atoms with E-state index < -0.39 is 5.97 Å². The van der Waals surface area contributed by atoms with Gasteiger partial charge in [-0.25, -0.2) is 9.78 Å². The second-order valence-corrected chi connectivity index (χ2v) is 8.47. The molecule has 4 rings (SSSR count). The summed E-state index contributed by atoms with van der Waals surface area (Å²) in [6.07, 6.45) is 2.03. The van der Waals surface area contributed by atoms with Crippen LogP contribution in [0, 0.1) is 6.92 Å². The molecule has 0 bridgehead atoms. The van der Waals surface area contributed by atoms with Gasteiger partial charge in [-0.15, -0.1) is 0 Å². The van der Waals surface area contributed by atoms with Gasteiger partial charge in [-0.05, 0) is 68.8 Å². The molecule has 0 atom stereocenters. The molecule has 0 radical (unpaired) electrons. The predicted molar refractivity (Wildman–Crippen MR) is 142 cm³/mol. The summed E-state index contributed by atoms with van der Waals surface area (Å²) in [4.78, 5) is 29.6. The van der Waals surface area contributed by atoms with Crippen molar-refractivity contribution in [2.24, 2.45) is 0 Å². The Morgan fingerprint density at radius 1 is 0.973 bits per heavy atom. The first-order valence-corrected chi connectivity index (χ1v) is 12.4. The van der Waals surface area contributed by atoms with Crippen LogP contribution in [-0.4, -0.2) is 41.1 Å². The zero-order valence-corrected chi connectivity index (χ0v) is 21.3. The molecular weight excluding hydrogens is 470 g/mol. The number of hydrogen-bond donors (Lipinski definition) is 1. The predicted octanol–water partition coefficient (Wildman–Crippen LogP) is 5.68. The van der Waals surface area contributed by atoms with Crippen molar-refractivity contribution in [2.75, 3.05) is 25.1 Å². The van der Waals surface area contributed by atoms with E-state index in [9.17, 15) is 9.59 Å². The summed E-state index contributed by atoms with van der Waals surface area (Å²) in [5.74, 6) is 0.932. The van der Waals surface area contributed by atoms with Gasteiger partial charge in [0.2, 0.25) is 0 Å². The number of hydrogen-bond acceptors (Lipinski definition) is 7. The van der Waals surface area contributed by atoms with Gasteiger partial charge in [0.05, 0.1) is 18.8 Å². The minimum atomic E-state index is -0.469. The molecule has 2 aromatic heterocycles. The lowest BCUT2D eigenvalue weighted by Crippen LogP contribution is -2.18. The van der Waals surface area contributed by atoms with Gasteiger partial charge in [0.1, 0.15) is 35.2 Å². The Balaban J connectivity index is 1.56. The Kier molecular flexibility index (Phi) is 8.40. The van der Waals surface area contributed by atoms with Gasteiger partial charge >= 0.3 is 11.9 Å². The number of imidazole rings is 1. The van der Waals surface area contributed by atoms with Crippen molar-refractivity contribution in [1.82, 2.24) is 9.38 Å². The fourth-order valence-corrected chi connectivity index (χ4v) is 3.88. The summed E-state index contributed by atoms with van der Waals surface area (Å²) in [6, 6.07) is 19.9. The Labute approximate surface area is 216 Å². The Morgan fingerprint density at radius 2 is 1.76 bits per heavy atom. The highest BCUT2D eigenvalue weighted by Crippen LogP contribution is 2.32. The number of ether oxygens (including phenoxy) is 3. The second kappa shape index (κ2) is 12.1. The lowest BCUT2D eigenvalue weighted by molar-refractivity contribution is -0.140. The van der Waals surface area contributed by atoms with Crippen molar-refractivity contribution in [3.05, 3.63) is 78.0 Å². The smallest absolute Gasteiger partial charge is 0.343 e. The van der Waals surface area contributed by atoms with Crippen LogP contribution in [0.2, 0.25) is 0 Å². The summed E-state index contributed by atoms with van der Waals surface area (Å²) in [7, 11) is 0. The molecule has 0 aliphatic rings. The van der Waals surface area contributed by atoms with Gasteiger partial charge in [0.15, 0.2) is 0 Å². The number of nitrogens with zero attached hydrogens (tertiary/aromatic N) is 2. The van der Waals surface area contributed by atoms with Gasteiger partial charge in [-0.1, -0.05) is 31.5 Å². The van der Waals surface area contributed by atoms with E-state index in [4.69, 9.17) is 19.2 Å². The lowest BCUT2D eigenvalue weighted by atomic mass is 10.1. The van der Waals surface area contributed by atoms with Gasteiger partial charge in [0.25, 0.3) is 0 Å². The zero-order chi connectivity index (χ0) is 26.2. The molecule has 0 fully saturated rings. The maximum atomic E-state index is 12.8. The van der Waals surface area contributed by atoms with E-state index in [1.807, 2.05) is 35.6 Å². The Bertz CT molecular complexity index is 1380. The maximum absolute atomic E-state index is 12.8. The van der Waals surface area contributed by atoms with Crippen LogP contribution >= 0.6 is 0 Å². The number of unbranched alkanes of at least 4 members (excludes halogenated alkanes) is 1. The molecule has 0 spiro atoms. The molecule has 192 valence electrons. The van der Waals surface area contributed by atoms with Crippen molar-refractivity contribution < 1.29 is 23.8 Å². The number of rotatable bonds is 11. The average molecular weight is 502 g/mol. The molecule has 2 heterocycles. The highest BCUT2D eigenvalue weighted by molar-refractivity contribution is 5.91. The third-order valence-corrected chi connectivity index (χ3v) is 5.72. The third-order valence-electron chi connectivity index (χ3n) is 5.72. The van der Waals surface area contributed by atoms with Gasteiger partial charge in [-0.2, -0.15) is 0 Å². The molecule has 0 unspecified atom stereocenters. The molecule has 37 heavy (non-hydrogen) atoms. The fraction of sp³-hybridized carbons (Fsp3) is 0.276. The zero-order valence-electron chi connectivity index (χ0n) is 21.3. The first-order valence-electron chi connectivity index (χ1n) is 12.4. The molecule has 0 saturated heterocycles. The summed E-state index contributed by atoms with van der Waals surface area (Å²) >= 11 is 0. The Morgan fingerprint density at radius 3 is 2.51 bits per heavy atom. The number of pyridine rings is 1. The topological polar surface area (TPSA) is 91.2 Å². The van der Waals surface area contributed by atoms with Crippen LogP contribution < -0.4 is 14.8 Å². The molecule has 0 aliphatic carbocycles. The maximum Gasteiger partial charge on any atom is 0.343 e. The largest absolute Gasteiger partial charge is 0.494 e. The molecule has 8 heteroatoms. The van der Waals surface area contributed by atoms with E-state index in [1.165, 1.54) is 0 Å². The minimum Gasteiger partial charge on any atom is -0.494 e. The van der Waals surface area contributed by atoms with Gasteiger partial charge in [0, 0.05) is 11.3 Å². The number of carbonyl (C=O) groups is 2. The highest BCUT2D eigenvalue weighted by Gasteiger charge is 2.18. The molecule has 8 nitrogen and oxygen atoms in total. The number of benzene rings is 2. The van der Waals surface area contributed by atoms with Crippen LogP contribution in [0.3, 0.4) is 0 Å². The number of fused-ring (bicyclic) bond motifs is 1. The van der Waals surface area contributed by atoms with E-state index in [0.29, 0.717) is 36.0 Å². The molecule has 0 saturated carbocycles. The summed E-state index contributed by atoms with van der Waals surface area (Å²) in [5, 5.41) is 3.18. The van der Waals surface area contributed by atoms with Crippen molar-refractivity contribution in [3.8, 4) is 22.8 Å². The van der Waals surface area contributed by atoms with E-state index >= 15 is 0 Å². The van der Waals surface area contributed by atoms with Crippen LogP contribution in [0.5, 0.6) is 11.5 Å². The quantitative estimate of drug-likeness (QED) is 0.161. The van der Waals surface area contributed by atoms with Crippen LogP contribution in [0.1, 0.15) is 42.7 Å². The van der Waals surface area contributed by atoms with E-state index in [1.54, 1.807) is 49.4 Å². The number of nitrogens with one attached hydrogen (secondary N) is 1. The number of carbonyl (C=O) groups excluding carboxylic acids is 2. The van der Waals surface area contributed by atoms with E-state index in [2.05, 4.69) is 12.2 Å². The minimum absolute atomic E-state index is 0.00417. The van der Waals surface area contributed by atoms with Gasteiger partial charge < -0.3 is 19.5 Å². The standard InChI is InChI=1S/C29H31N3O5/c1-4-6-17-36-23-15-13-21(14-16-23)29(34)37-24-11-8-10-22(18-24)27-28(30-19-26(33)35-5-2)32-20(3)9-7-12-25(32)31-27/h7-16,18,30H,4-6,17,19H2,1-3H3. The highest BCUT2D eigenvalue weighted by atomic mass is 16.5. The van der Waals surface area contributed by atoms with Crippen molar-refractivity contribution in [3.63, 3.8) is 0 Å². The molecule has 0 amide bonds. The fourth-order valence-electron chi connectivity index (χ4n) is 3.88. The SMILES string of the molecule is CCCCOc1ccc(C(=O)Oc2cccc(-c3nc4cccc(C)n4c3NCC(=O)OCC)c2)cc1. The monoisotopic (exact) mass is 501 g/mol.